The molecule has 5 rings (SSSR count). The number of rotatable bonds is 3. The number of nitrogens with zero attached hydrogens (tertiary/aromatic N) is 2. The molecule has 0 radical (unpaired) electrons. The topological polar surface area (TPSA) is 63.6 Å². The van der Waals surface area contributed by atoms with Crippen LogP contribution in [0.1, 0.15) is 30.3 Å². The number of esters is 1. The van der Waals surface area contributed by atoms with Crippen LogP contribution in [0.25, 0.3) is 10.9 Å². The van der Waals surface area contributed by atoms with Crippen molar-refractivity contribution in [1.82, 2.24) is 14.8 Å². The van der Waals surface area contributed by atoms with E-state index in [0.717, 1.165) is 30.5 Å². The lowest BCUT2D eigenvalue weighted by Crippen LogP contribution is -2.57. The predicted octanol–water partition coefficient (Wildman–Crippen LogP) is 1.93. The number of amides is 1. The Bertz CT molecular complexity index is 834. The quantitative estimate of drug-likeness (QED) is 0.684. The fraction of sp³-hybridized carbons (Fsp3) is 0.474. The average Bonchev–Trinajstić information content (AvgIpc) is 2.92. The van der Waals surface area contributed by atoms with E-state index in [-0.39, 0.29) is 17.9 Å². The Hall–Kier alpha value is -2.34. The van der Waals surface area contributed by atoms with Gasteiger partial charge in [-0.2, -0.15) is 0 Å². The van der Waals surface area contributed by atoms with Crippen LogP contribution in [0.5, 0.6) is 5.75 Å². The lowest BCUT2D eigenvalue weighted by molar-refractivity contribution is -0.131. The van der Waals surface area contributed by atoms with E-state index in [9.17, 15) is 9.59 Å². The van der Waals surface area contributed by atoms with Gasteiger partial charge in [0.05, 0.1) is 0 Å². The van der Waals surface area contributed by atoms with E-state index >= 15 is 0 Å². The van der Waals surface area contributed by atoms with Crippen LogP contribution in [0.4, 0.5) is 0 Å². The molecule has 1 aromatic heterocycles. The van der Waals surface area contributed by atoms with Crippen molar-refractivity contribution in [2.45, 2.75) is 25.8 Å². The molecule has 132 valence electrons. The highest BCUT2D eigenvalue weighted by Crippen LogP contribution is 2.28. The third kappa shape index (κ3) is 3.02. The van der Waals surface area contributed by atoms with Gasteiger partial charge in [0.25, 0.3) is 5.91 Å². The zero-order chi connectivity index (χ0) is 17.6. The van der Waals surface area contributed by atoms with Crippen LogP contribution in [0.3, 0.4) is 0 Å². The van der Waals surface area contributed by atoms with Gasteiger partial charge in [0.1, 0.15) is 11.4 Å². The molecule has 1 N–H and O–H groups in total. The first-order valence-electron chi connectivity index (χ1n) is 8.82. The van der Waals surface area contributed by atoms with Crippen molar-refractivity contribution < 1.29 is 14.3 Å². The van der Waals surface area contributed by atoms with Gasteiger partial charge in [0.15, 0.2) is 0 Å². The average molecular weight is 341 g/mol. The van der Waals surface area contributed by atoms with Crippen molar-refractivity contribution in [2.75, 3.05) is 19.6 Å². The maximum atomic E-state index is 12.8. The van der Waals surface area contributed by atoms with Crippen molar-refractivity contribution in [2.24, 2.45) is 13.0 Å². The lowest BCUT2D eigenvalue weighted by atomic mass is 9.84. The summed E-state index contributed by atoms with van der Waals surface area (Å²) in [5.41, 5.74) is 1.57. The highest BCUT2D eigenvalue weighted by molar-refractivity contribution is 5.99. The summed E-state index contributed by atoms with van der Waals surface area (Å²) in [7, 11) is 1.89. The number of carbonyl (C=O) groups is 2. The van der Waals surface area contributed by atoms with Gasteiger partial charge in [0, 0.05) is 37.5 Å². The van der Waals surface area contributed by atoms with Gasteiger partial charge in [0.2, 0.25) is 0 Å². The molecule has 0 spiro atoms. The highest BCUT2D eigenvalue weighted by Gasteiger charge is 2.35. The molecule has 3 aliphatic heterocycles. The third-order valence-corrected chi connectivity index (χ3v) is 5.48. The summed E-state index contributed by atoms with van der Waals surface area (Å²) in [5.74, 6) is 0.705. The number of benzene rings is 1. The van der Waals surface area contributed by atoms with Crippen LogP contribution in [0, 0.1) is 5.92 Å². The number of nitrogens with one attached hydrogen (secondary N) is 1. The van der Waals surface area contributed by atoms with E-state index in [2.05, 4.69) is 10.2 Å². The molecule has 3 saturated heterocycles. The number of fused-ring (bicyclic) bond motifs is 4. The molecule has 0 saturated carbocycles. The molecule has 2 bridgehead atoms. The first kappa shape index (κ1) is 16.1. The molecule has 3 fully saturated rings. The molecule has 1 amide bonds. The second kappa shape index (κ2) is 6.19. The summed E-state index contributed by atoms with van der Waals surface area (Å²) in [4.78, 5) is 26.4. The van der Waals surface area contributed by atoms with E-state index in [1.54, 1.807) is 12.1 Å². The highest BCUT2D eigenvalue weighted by atomic mass is 16.5. The second-order valence-corrected chi connectivity index (χ2v) is 7.12. The molecule has 3 aliphatic rings. The maximum absolute atomic E-state index is 12.8. The number of carbonyl (C=O) groups excluding carboxylic acids is 2. The van der Waals surface area contributed by atoms with Gasteiger partial charge in [-0.15, -0.1) is 0 Å². The van der Waals surface area contributed by atoms with Crippen molar-refractivity contribution in [3.63, 3.8) is 0 Å². The molecular formula is C19H23N3O3. The van der Waals surface area contributed by atoms with Crippen LogP contribution in [0.15, 0.2) is 24.3 Å². The molecule has 1 aromatic carbocycles. The zero-order valence-electron chi connectivity index (χ0n) is 14.6. The van der Waals surface area contributed by atoms with Crippen LogP contribution >= 0.6 is 0 Å². The van der Waals surface area contributed by atoms with Gasteiger partial charge in [-0.05, 0) is 56.1 Å². The molecule has 4 heterocycles. The minimum atomic E-state index is -0.351. The Labute approximate surface area is 146 Å². The third-order valence-electron chi connectivity index (χ3n) is 5.48. The summed E-state index contributed by atoms with van der Waals surface area (Å²) >= 11 is 0. The van der Waals surface area contributed by atoms with Crippen LogP contribution in [0.2, 0.25) is 0 Å². The number of aromatic nitrogens is 1. The van der Waals surface area contributed by atoms with E-state index in [4.69, 9.17) is 4.74 Å². The smallest absolute Gasteiger partial charge is 0.308 e. The number of hydrogen-bond donors (Lipinski definition) is 1. The summed E-state index contributed by atoms with van der Waals surface area (Å²) in [6.45, 7) is 4.65. The maximum Gasteiger partial charge on any atom is 0.308 e. The summed E-state index contributed by atoms with van der Waals surface area (Å²) in [6, 6.07) is 7.52. The fourth-order valence-corrected chi connectivity index (χ4v) is 4.15. The molecule has 0 aliphatic carbocycles. The summed E-state index contributed by atoms with van der Waals surface area (Å²) < 4.78 is 7.03. The zero-order valence-corrected chi connectivity index (χ0v) is 14.6. The molecular weight excluding hydrogens is 318 g/mol. The number of hydrogen-bond acceptors (Lipinski definition) is 4. The molecule has 25 heavy (non-hydrogen) atoms. The predicted molar refractivity (Wildman–Crippen MR) is 94.6 cm³/mol. The summed E-state index contributed by atoms with van der Waals surface area (Å²) in [5, 5.41) is 4.12. The van der Waals surface area contributed by atoms with E-state index in [1.807, 2.05) is 23.7 Å². The Morgan fingerprint density at radius 1 is 1.20 bits per heavy atom. The lowest BCUT2D eigenvalue weighted by Gasteiger charge is -2.44. The number of piperidine rings is 3. The van der Waals surface area contributed by atoms with Gasteiger partial charge >= 0.3 is 5.97 Å². The van der Waals surface area contributed by atoms with Gasteiger partial charge in [-0.1, -0.05) is 0 Å². The Morgan fingerprint density at radius 3 is 2.60 bits per heavy atom. The largest absolute Gasteiger partial charge is 0.427 e. The van der Waals surface area contributed by atoms with Crippen molar-refractivity contribution in [3.8, 4) is 5.75 Å². The fourth-order valence-electron chi connectivity index (χ4n) is 4.15. The first-order chi connectivity index (χ1) is 12.0. The number of ether oxygens (including phenoxy) is 1. The SMILES string of the molecule is CC(=O)Oc1ccc2c(c1)cc(C(=O)NC1CN3CCC1CC3)n2C. The molecule has 1 unspecified atom stereocenters. The van der Waals surface area contributed by atoms with E-state index in [1.165, 1.54) is 19.8 Å². The molecule has 2 aromatic rings. The van der Waals surface area contributed by atoms with Crippen LogP contribution in [-0.2, 0) is 11.8 Å². The van der Waals surface area contributed by atoms with Gasteiger partial charge in [-0.3, -0.25) is 9.59 Å². The Balaban J connectivity index is 1.56. The van der Waals surface area contributed by atoms with Gasteiger partial charge in [-0.25, -0.2) is 0 Å². The molecule has 6 nitrogen and oxygen atoms in total. The van der Waals surface area contributed by atoms with Crippen LogP contribution < -0.4 is 10.1 Å². The summed E-state index contributed by atoms with van der Waals surface area (Å²) in [6.07, 6.45) is 2.34. The first-order valence-corrected chi connectivity index (χ1v) is 8.82. The van der Waals surface area contributed by atoms with E-state index < -0.39 is 0 Å². The standard InChI is InChI=1S/C19H23N3O3/c1-12(23)25-15-3-4-17-14(9-15)10-18(21(17)2)19(24)20-16-11-22-7-5-13(16)6-8-22/h3-4,9-10,13,16H,5-8,11H2,1-2H3,(H,20,24). The van der Waals surface area contributed by atoms with Crippen molar-refractivity contribution in [1.29, 1.82) is 0 Å². The van der Waals surface area contributed by atoms with E-state index in [0.29, 0.717) is 17.4 Å². The van der Waals surface area contributed by atoms with Crippen molar-refractivity contribution >= 4 is 22.8 Å². The monoisotopic (exact) mass is 341 g/mol. The molecule has 1 atom stereocenters. The second-order valence-electron chi connectivity index (χ2n) is 7.12. The Kier molecular flexibility index (Phi) is 4.00. The minimum Gasteiger partial charge on any atom is -0.427 e. The Morgan fingerprint density at radius 2 is 1.96 bits per heavy atom. The normalized spacial score (nSPS) is 25.1. The van der Waals surface area contributed by atoms with Crippen molar-refractivity contribution in [3.05, 3.63) is 30.0 Å². The van der Waals surface area contributed by atoms with Crippen LogP contribution in [-0.4, -0.2) is 47.0 Å². The molecule has 6 heteroatoms. The van der Waals surface area contributed by atoms with Gasteiger partial charge < -0.3 is 19.5 Å². The number of aryl methyl sites for hydroxylation is 1. The minimum absolute atomic E-state index is 0.0357.